The molecule has 9 nitrogen and oxygen atoms in total. The van der Waals surface area contributed by atoms with Crippen molar-refractivity contribution in [2.75, 3.05) is 24.7 Å². The zero-order valence-electron chi connectivity index (χ0n) is 19.6. The number of nitrogens with two attached hydrogens (primary N) is 1. The summed E-state index contributed by atoms with van der Waals surface area (Å²) >= 11 is 1.40. The fraction of sp³-hybridized carbons (Fsp3) is 0.478. The molecule has 1 aromatic carbocycles. The van der Waals surface area contributed by atoms with Crippen LogP contribution >= 0.6 is 11.3 Å². The van der Waals surface area contributed by atoms with Gasteiger partial charge in [-0.25, -0.2) is 16.8 Å². The number of fused-ring (bicyclic) bond motifs is 1. The van der Waals surface area contributed by atoms with E-state index in [1.54, 1.807) is 0 Å². The summed E-state index contributed by atoms with van der Waals surface area (Å²) in [6, 6.07) is 5.29. The molecule has 2 aromatic rings. The molecule has 1 aliphatic heterocycles. The molecule has 3 N–H and O–H groups in total. The first-order chi connectivity index (χ1) is 16.4. The van der Waals surface area contributed by atoms with E-state index in [4.69, 9.17) is 5.73 Å². The highest BCUT2D eigenvalue weighted by molar-refractivity contribution is 7.91. The first kappa shape index (κ1) is 25.8. The van der Waals surface area contributed by atoms with E-state index in [0.717, 1.165) is 42.0 Å². The molecule has 2 heterocycles. The van der Waals surface area contributed by atoms with Crippen LogP contribution in [0.2, 0.25) is 0 Å². The molecule has 2 amide bonds. The smallest absolute Gasteiger partial charge is 0.251 e. The second kappa shape index (κ2) is 9.64. The fourth-order valence-electron chi connectivity index (χ4n) is 4.69. The van der Waals surface area contributed by atoms with Crippen molar-refractivity contribution in [1.82, 2.24) is 4.31 Å². The number of rotatable bonds is 6. The Balaban J connectivity index is 1.45. The second-order valence-corrected chi connectivity index (χ2v) is 14.4. The number of amides is 2. The topological polar surface area (TPSA) is 144 Å². The van der Waals surface area contributed by atoms with E-state index >= 15 is 0 Å². The van der Waals surface area contributed by atoms with Gasteiger partial charge in [0.05, 0.1) is 15.4 Å². The van der Waals surface area contributed by atoms with Crippen LogP contribution in [0.1, 0.15) is 47.0 Å². The molecule has 0 bridgehead atoms. The van der Waals surface area contributed by atoms with Gasteiger partial charge in [-0.3, -0.25) is 9.59 Å². The zero-order chi connectivity index (χ0) is 25.5. The highest BCUT2D eigenvalue weighted by Gasteiger charge is 2.34. The van der Waals surface area contributed by atoms with Crippen LogP contribution in [0.25, 0.3) is 0 Å². The van der Waals surface area contributed by atoms with Crippen LogP contribution in [0, 0.1) is 11.8 Å². The number of nitrogens with one attached hydrogen (secondary N) is 1. The number of carbonyl (C=O) groups is 2. The molecule has 1 aromatic heterocycles. The van der Waals surface area contributed by atoms with Crippen molar-refractivity contribution >= 4 is 48.0 Å². The van der Waals surface area contributed by atoms with Gasteiger partial charge < -0.3 is 11.1 Å². The molecule has 1 fully saturated rings. The molecule has 4 rings (SSSR count). The number of hydrogen-bond donors (Lipinski definition) is 2. The molecule has 1 unspecified atom stereocenters. The van der Waals surface area contributed by atoms with Crippen molar-refractivity contribution in [1.29, 1.82) is 0 Å². The molecule has 0 saturated carbocycles. The molecule has 0 radical (unpaired) electrons. The van der Waals surface area contributed by atoms with Crippen molar-refractivity contribution in [3.63, 3.8) is 0 Å². The highest BCUT2D eigenvalue weighted by Crippen LogP contribution is 2.40. The van der Waals surface area contributed by atoms with Crippen LogP contribution < -0.4 is 11.1 Å². The maximum atomic E-state index is 13.1. The molecule has 190 valence electrons. The number of anilines is 1. The van der Waals surface area contributed by atoms with Gasteiger partial charge in [0.25, 0.3) is 5.91 Å². The number of primary amides is 1. The summed E-state index contributed by atoms with van der Waals surface area (Å²) in [5.74, 6) is -0.711. The van der Waals surface area contributed by atoms with Crippen molar-refractivity contribution in [2.45, 2.75) is 48.8 Å². The highest BCUT2D eigenvalue weighted by atomic mass is 32.2. The van der Waals surface area contributed by atoms with Gasteiger partial charge in [-0.1, -0.05) is 13.0 Å². The summed E-state index contributed by atoms with van der Waals surface area (Å²) in [6.45, 7) is 2.42. The number of thiophene rings is 1. The maximum Gasteiger partial charge on any atom is 0.251 e. The van der Waals surface area contributed by atoms with E-state index in [1.165, 1.54) is 33.8 Å². The number of carbonyl (C=O) groups excluding carboxylic acids is 2. The molecular weight excluding hydrogens is 510 g/mol. The standard InChI is InChI=1S/C23H29N3O6S3/c1-14-6-7-18-19(12-14)33-23(20(18)21(24)27)25-22(28)15-8-10-26(11-9-15)35(31,32)17-5-3-4-16(13-17)34(2,29)30/h3-5,13-15H,6-12H2,1-2H3,(H2,24,27)(H,25,28). The molecule has 1 saturated heterocycles. The Kier molecular flexibility index (Phi) is 7.11. The Morgan fingerprint density at radius 2 is 1.74 bits per heavy atom. The average Bonchev–Trinajstić information content (AvgIpc) is 3.15. The minimum Gasteiger partial charge on any atom is -0.365 e. The van der Waals surface area contributed by atoms with E-state index in [2.05, 4.69) is 12.2 Å². The van der Waals surface area contributed by atoms with Crippen molar-refractivity contribution in [2.24, 2.45) is 17.6 Å². The molecule has 12 heteroatoms. The van der Waals surface area contributed by atoms with Gasteiger partial charge in [-0.15, -0.1) is 11.3 Å². The average molecular weight is 540 g/mol. The summed E-state index contributed by atoms with van der Waals surface area (Å²) in [5.41, 5.74) is 6.97. The number of hydrogen-bond acceptors (Lipinski definition) is 7. The van der Waals surface area contributed by atoms with Crippen LogP contribution in [-0.4, -0.2) is 52.3 Å². The first-order valence-corrected chi connectivity index (χ1v) is 15.6. The van der Waals surface area contributed by atoms with Gasteiger partial charge >= 0.3 is 0 Å². The van der Waals surface area contributed by atoms with Gasteiger partial charge in [0.2, 0.25) is 15.9 Å². The lowest BCUT2D eigenvalue weighted by molar-refractivity contribution is -0.120. The first-order valence-electron chi connectivity index (χ1n) is 11.4. The lowest BCUT2D eigenvalue weighted by Crippen LogP contribution is -2.41. The fourth-order valence-corrected chi connectivity index (χ4v) is 8.36. The Hall–Kier alpha value is -2.28. The van der Waals surface area contributed by atoms with Crippen molar-refractivity contribution < 1.29 is 26.4 Å². The summed E-state index contributed by atoms with van der Waals surface area (Å²) in [4.78, 5) is 26.1. The number of piperidine rings is 1. The molecule has 2 aliphatic rings. The van der Waals surface area contributed by atoms with E-state index in [0.29, 0.717) is 29.3 Å². The van der Waals surface area contributed by atoms with Crippen LogP contribution in [0.3, 0.4) is 0 Å². The van der Waals surface area contributed by atoms with Gasteiger partial charge in [-0.2, -0.15) is 4.31 Å². The molecule has 0 spiro atoms. The SMILES string of the molecule is CC1CCc2c(sc(NC(=O)C3CCN(S(=O)(=O)c4cccc(S(C)(=O)=O)c4)CC3)c2C(N)=O)C1. The minimum atomic E-state index is -3.90. The van der Waals surface area contributed by atoms with E-state index in [-0.39, 0.29) is 28.8 Å². The van der Waals surface area contributed by atoms with Crippen LogP contribution in [0.15, 0.2) is 34.1 Å². The number of nitrogens with zero attached hydrogens (tertiary/aromatic N) is 1. The summed E-state index contributed by atoms with van der Waals surface area (Å²) in [5, 5.41) is 3.37. The third-order valence-electron chi connectivity index (χ3n) is 6.69. The van der Waals surface area contributed by atoms with Crippen LogP contribution in [0.4, 0.5) is 5.00 Å². The Morgan fingerprint density at radius 3 is 2.37 bits per heavy atom. The molecule has 1 aliphatic carbocycles. The minimum absolute atomic E-state index is 0.0638. The maximum absolute atomic E-state index is 13.1. The second-order valence-electron chi connectivity index (χ2n) is 9.33. The summed E-state index contributed by atoms with van der Waals surface area (Å²) in [6.07, 6.45) is 4.23. The normalized spacial score (nSPS) is 19.8. The monoisotopic (exact) mass is 539 g/mol. The zero-order valence-corrected chi connectivity index (χ0v) is 22.1. The van der Waals surface area contributed by atoms with Crippen LogP contribution in [0.5, 0.6) is 0 Å². The Labute approximate surface area is 209 Å². The summed E-state index contributed by atoms with van der Waals surface area (Å²) in [7, 11) is -7.45. The number of sulfone groups is 1. The van der Waals surface area contributed by atoms with Gasteiger partial charge in [-0.05, 0) is 61.8 Å². The Morgan fingerprint density at radius 1 is 1.09 bits per heavy atom. The van der Waals surface area contributed by atoms with E-state index in [9.17, 15) is 26.4 Å². The van der Waals surface area contributed by atoms with Gasteiger partial charge in [0, 0.05) is 30.1 Å². The molecule has 35 heavy (non-hydrogen) atoms. The van der Waals surface area contributed by atoms with E-state index < -0.39 is 31.7 Å². The van der Waals surface area contributed by atoms with Crippen LogP contribution in [-0.2, 0) is 37.5 Å². The van der Waals surface area contributed by atoms with Gasteiger partial charge in [0.1, 0.15) is 5.00 Å². The van der Waals surface area contributed by atoms with Crippen molar-refractivity contribution in [3.8, 4) is 0 Å². The molecular formula is C23H29N3O6S3. The van der Waals surface area contributed by atoms with Gasteiger partial charge in [0.15, 0.2) is 9.84 Å². The molecule has 1 atom stereocenters. The third kappa shape index (κ3) is 5.30. The predicted octanol–water partition coefficient (Wildman–Crippen LogP) is 2.41. The lowest BCUT2D eigenvalue weighted by atomic mass is 9.88. The number of sulfonamides is 1. The number of benzene rings is 1. The largest absolute Gasteiger partial charge is 0.365 e. The predicted molar refractivity (Wildman–Crippen MR) is 134 cm³/mol. The third-order valence-corrected chi connectivity index (χ3v) is 10.9. The quantitative estimate of drug-likeness (QED) is 0.577. The van der Waals surface area contributed by atoms with E-state index in [1.807, 2.05) is 0 Å². The van der Waals surface area contributed by atoms with Crippen molar-refractivity contribution in [3.05, 3.63) is 40.3 Å². The lowest BCUT2D eigenvalue weighted by Gasteiger charge is -2.30. The summed E-state index contributed by atoms with van der Waals surface area (Å²) < 4.78 is 51.1. The Bertz CT molecular complexity index is 1370.